The molecule has 0 bridgehead atoms. The van der Waals surface area contributed by atoms with Crippen molar-refractivity contribution in [3.8, 4) is 5.75 Å². The number of nitrogens with two attached hydrogens (primary N) is 1. The maximum Gasteiger partial charge on any atom is 0.255 e. The third kappa shape index (κ3) is 3.35. The first-order valence-corrected chi connectivity index (χ1v) is 7.30. The van der Waals surface area contributed by atoms with Crippen molar-refractivity contribution < 1.29 is 17.9 Å². The number of ether oxygens (including phenoxy) is 2. The van der Waals surface area contributed by atoms with Gasteiger partial charge in [-0.1, -0.05) is 0 Å². The van der Waals surface area contributed by atoms with Crippen molar-refractivity contribution >= 4 is 15.7 Å². The van der Waals surface area contributed by atoms with E-state index in [-0.39, 0.29) is 10.6 Å². The molecule has 0 atom stereocenters. The Morgan fingerprint density at radius 2 is 2.05 bits per heavy atom. The quantitative estimate of drug-likeness (QED) is 0.745. The smallest absolute Gasteiger partial charge is 0.255 e. The van der Waals surface area contributed by atoms with Crippen LogP contribution in [0.3, 0.4) is 0 Å². The van der Waals surface area contributed by atoms with Crippen molar-refractivity contribution in [1.82, 2.24) is 9.84 Å². The highest BCUT2D eigenvalue weighted by molar-refractivity contribution is 7.89. The van der Waals surface area contributed by atoms with E-state index < -0.39 is 10.0 Å². The van der Waals surface area contributed by atoms with Crippen molar-refractivity contribution in [2.45, 2.75) is 4.90 Å². The molecular formula is C11H17N3O4S. The third-order valence-corrected chi connectivity index (χ3v) is 4.22. The first kappa shape index (κ1) is 14.1. The summed E-state index contributed by atoms with van der Waals surface area (Å²) in [6, 6.07) is 4.47. The summed E-state index contributed by atoms with van der Waals surface area (Å²) >= 11 is 0. The van der Waals surface area contributed by atoms with Gasteiger partial charge in [0.1, 0.15) is 10.6 Å². The first-order valence-electron chi connectivity index (χ1n) is 5.81. The number of sulfonamides is 1. The van der Waals surface area contributed by atoms with Crippen LogP contribution >= 0.6 is 0 Å². The second-order valence-corrected chi connectivity index (χ2v) is 5.73. The van der Waals surface area contributed by atoms with Gasteiger partial charge in [-0.15, -0.1) is 4.83 Å². The minimum Gasteiger partial charge on any atom is -0.497 e. The normalized spacial score (nSPS) is 17.3. The van der Waals surface area contributed by atoms with Crippen LogP contribution in [-0.4, -0.2) is 46.8 Å². The Bertz CT molecular complexity index is 541. The molecule has 8 heteroatoms. The van der Waals surface area contributed by atoms with Gasteiger partial charge in [-0.3, -0.25) is 0 Å². The highest BCUT2D eigenvalue weighted by Crippen LogP contribution is 2.23. The Morgan fingerprint density at radius 1 is 1.37 bits per heavy atom. The summed E-state index contributed by atoms with van der Waals surface area (Å²) in [6.45, 7) is 2.02. The molecule has 1 aliphatic rings. The Hall–Kier alpha value is -1.35. The lowest BCUT2D eigenvalue weighted by Gasteiger charge is -2.26. The lowest BCUT2D eigenvalue weighted by atomic mass is 10.3. The van der Waals surface area contributed by atoms with E-state index in [0.29, 0.717) is 32.1 Å². The first-order chi connectivity index (χ1) is 9.03. The predicted molar refractivity (Wildman–Crippen MR) is 70.1 cm³/mol. The van der Waals surface area contributed by atoms with Gasteiger partial charge in [0, 0.05) is 19.2 Å². The van der Waals surface area contributed by atoms with Crippen molar-refractivity contribution in [1.29, 1.82) is 0 Å². The average molecular weight is 287 g/mol. The van der Waals surface area contributed by atoms with Gasteiger partial charge in [0.05, 0.1) is 26.0 Å². The van der Waals surface area contributed by atoms with E-state index in [0.717, 1.165) is 0 Å². The summed E-state index contributed by atoms with van der Waals surface area (Å²) in [5, 5.41) is 1.60. The number of morpholine rings is 1. The molecule has 0 saturated carbocycles. The average Bonchev–Trinajstić information content (AvgIpc) is 2.38. The summed E-state index contributed by atoms with van der Waals surface area (Å²) < 4.78 is 34.6. The number of hydrazine groups is 1. The molecular weight excluding hydrogens is 270 g/mol. The fraction of sp³-hybridized carbons (Fsp3) is 0.455. The Kier molecular flexibility index (Phi) is 4.25. The van der Waals surface area contributed by atoms with Gasteiger partial charge in [0.2, 0.25) is 0 Å². The highest BCUT2D eigenvalue weighted by Gasteiger charge is 2.22. The summed E-state index contributed by atoms with van der Waals surface area (Å²) in [6.07, 6.45) is 0. The summed E-state index contributed by atoms with van der Waals surface area (Å²) in [7, 11) is -2.18. The number of methoxy groups -OCH3 is 1. The van der Waals surface area contributed by atoms with E-state index in [1.54, 1.807) is 11.1 Å². The highest BCUT2D eigenvalue weighted by atomic mass is 32.2. The van der Waals surface area contributed by atoms with Crippen LogP contribution in [0.2, 0.25) is 0 Å². The molecule has 0 spiro atoms. The molecule has 1 aromatic rings. The number of hydrogen-bond acceptors (Lipinski definition) is 6. The van der Waals surface area contributed by atoms with E-state index in [9.17, 15) is 8.42 Å². The number of hydrogen-bond donors (Lipinski definition) is 2. The topological polar surface area (TPSA) is 93.9 Å². The lowest BCUT2D eigenvalue weighted by Crippen LogP contribution is -2.48. The van der Waals surface area contributed by atoms with Crippen molar-refractivity contribution in [3.05, 3.63) is 18.2 Å². The zero-order valence-electron chi connectivity index (χ0n) is 10.6. The molecule has 1 saturated heterocycles. The van der Waals surface area contributed by atoms with Gasteiger partial charge < -0.3 is 15.2 Å². The Morgan fingerprint density at radius 3 is 2.63 bits per heavy atom. The zero-order valence-corrected chi connectivity index (χ0v) is 11.4. The second kappa shape index (κ2) is 5.74. The van der Waals surface area contributed by atoms with Crippen LogP contribution in [0.4, 0.5) is 5.69 Å². The molecule has 0 radical (unpaired) electrons. The standard InChI is InChI=1S/C11H17N3O4S/c1-17-9-2-3-11(10(12)8-9)19(15,16)13-14-4-6-18-7-5-14/h2-3,8,13H,4-7,12H2,1H3. The van der Waals surface area contributed by atoms with Gasteiger partial charge in [0.15, 0.2) is 0 Å². The molecule has 0 amide bonds. The summed E-state index contributed by atoms with van der Waals surface area (Å²) in [4.78, 5) is 2.54. The molecule has 0 unspecified atom stereocenters. The molecule has 106 valence electrons. The Labute approximate surface area is 112 Å². The second-order valence-electron chi connectivity index (χ2n) is 4.10. The van der Waals surface area contributed by atoms with Gasteiger partial charge in [0.25, 0.3) is 10.0 Å². The molecule has 7 nitrogen and oxygen atoms in total. The van der Waals surface area contributed by atoms with E-state index in [4.69, 9.17) is 15.2 Å². The monoisotopic (exact) mass is 287 g/mol. The molecule has 1 aromatic carbocycles. The fourth-order valence-corrected chi connectivity index (χ4v) is 3.01. The van der Waals surface area contributed by atoms with E-state index >= 15 is 0 Å². The minimum atomic E-state index is -3.68. The van der Waals surface area contributed by atoms with Crippen LogP contribution in [0.1, 0.15) is 0 Å². The fourth-order valence-electron chi connectivity index (χ4n) is 1.77. The van der Waals surface area contributed by atoms with Crippen LogP contribution in [0.15, 0.2) is 23.1 Å². The van der Waals surface area contributed by atoms with Crippen molar-refractivity contribution in [2.24, 2.45) is 0 Å². The molecule has 0 aliphatic carbocycles. The van der Waals surface area contributed by atoms with Crippen LogP contribution in [0.25, 0.3) is 0 Å². The zero-order chi connectivity index (χ0) is 13.9. The van der Waals surface area contributed by atoms with E-state index in [2.05, 4.69) is 4.83 Å². The number of nitrogen functional groups attached to an aromatic ring is 1. The van der Waals surface area contributed by atoms with Crippen LogP contribution in [0, 0.1) is 0 Å². The van der Waals surface area contributed by atoms with Gasteiger partial charge in [-0.2, -0.15) is 0 Å². The lowest BCUT2D eigenvalue weighted by molar-refractivity contribution is 0.0272. The maximum atomic E-state index is 12.2. The van der Waals surface area contributed by atoms with Crippen LogP contribution in [0.5, 0.6) is 5.75 Å². The molecule has 3 N–H and O–H groups in total. The van der Waals surface area contributed by atoms with Crippen LogP contribution in [-0.2, 0) is 14.8 Å². The number of nitrogens with zero attached hydrogens (tertiary/aromatic N) is 1. The molecule has 19 heavy (non-hydrogen) atoms. The van der Waals surface area contributed by atoms with Crippen molar-refractivity contribution in [3.63, 3.8) is 0 Å². The maximum absolute atomic E-state index is 12.2. The molecule has 1 fully saturated rings. The Balaban J connectivity index is 2.18. The number of anilines is 1. The summed E-state index contributed by atoms with van der Waals surface area (Å²) in [5.74, 6) is 0.517. The van der Waals surface area contributed by atoms with E-state index in [1.807, 2.05) is 0 Å². The third-order valence-electron chi connectivity index (χ3n) is 2.77. The number of rotatable bonds is 4. The van der Waals surface area contributed by atoms with Gasteiger partial charge in [-0.05, 0) is 12.1 Å². The van der Waals surface area contributed by atoms with Gasteiger partial charge >= 0.3 is 0 Å². The molecule has 1 aliphatic heterocycles. The number of benzene rings is 1. The van der Waals surface area contributed by atoms with Crippen LogP contribution < -0.4 is 15.3 Å². The molecule has 2 rings (SSSR count). The largest absolute Gasteiger partial charge is 0.497 e. The van der Waals surface area contributed by atoms with Gasteiger partial charge in [-0.25, -0.2) is 13.4 Å². The summed E-state index contributed by atoms with van der Waals surface area (Å²) in [5.41, 5.74) is 5.90. The van der Waals surface area contributed by atoms with E-state index in [1.165, 1.54) is 19.2 Å². The molecule has 1 heterocycles. The number of nitrogens with one attached hydrogen (secondary N) is 1. The SMILES string of the molecule is COc1ccc(S(=O)(=O)NN2CCOCC2)c(N)c1. The van der Waals surface area contributed by atoms with Crippen molar-refractivity contribution in [2.75, 3.05) is 39.1 Å². The molecule has 0 aromatic heterocycles. The predicted octanol–water partition coefficient (Wildman–Crippen LogP) is -0.197. The minimum absolute atomic E-state index is 0.0415.